The lowest BCUT2D eigenvalue weighted by Crippen LogP contribution is -2.47. The second-order valence-electron chi connectivity index (χ2n) is 7.10. The molecule has 3 rings (SSSR count). The van der Waals surface area contributed by atoms with Crippen molar-refractivity contribution in [3.8, 4) is 0 Å². The van der Waals surface area contributed by atoms with Crippen LogP contribution >= 0.6 is 11.6 Å². The van der Waals surface area contributed by atoms with E-state index in [0.29, 0.717) is 6.07 Å². The number of pyridine rings is 1. The summed E-state index contributed by atoms with van der Waals surface area (Å²) in [6.07, 6.45) is -4.77. The summed E-state index contributed by atoms with van der Waals surface area (Å²) >= 11 is 5.81. The van der Waals surface area contributed by atoms with Gasteiger partial charge in [-0.15, -0.1) is 0 Å². The lowest BCUT2D eigenvalue weighted by Gasteiger charge is -2.29. The number of nitrogens with two attached hydrogens (primary N) is 1. The molecule has 0 aliphatic carbocycles. The molecule has 1 fully saturated rings. The van der Waals surface area contributed by atoms with Crippen LogP contribution in [0.15, 0.2) is 30.3 Å². The quantitative estimate of drug-likeness (QED) is 0.709. The molecule has 0 saturated carbocycles. The Bertz CT molecular complexity index is 1030. The lowest BCUT2D eigenvalue weighted by atomic mass is 10.1. The number of nitrogens with zero attached hydrogens (tertiary/aromatic N) is 3. The smallest absolute Gasteiger partial charge is 0.320 e. The van der Waals surface area contributed by atoms with E-state index in [9.17, 15) is 27.2 Å². The van der Waals surface area contributed by atoms with Crippen molar-refractivity contribution in [2.45, 2.75) is 38.5 Å². The number of likely N-dealkylation sites (N-methyl/N-ethyl adjacent to an activating group) is 1. The lowest BCUT2D eigenvalue weighted by molar-refractivity contribution is -0.137. The number of aryl methyl sites for hydroxylation is 1. The number of aromatic nitrogens is 1. The molecule has 1 aliphatic rings. The molecule has 11 heteroatoms. The maximum absolute atomic E-state index is 13.5. The summed E-state index contributed by atoms with van der Waals surface area (Å²) in [6, 6.07) is 2.99. The molecule has 1 aromatic carbocycles. The number of alkyl halides is 3. The zero-order chi connectivity index (χ0) is 23.1. The Labute approximate surface area is 180 Å². The van der Waals surface area contributed by atoms with Crippen LogP contribution in [0.2, 0.25) is 5.02 Å². The molecule has 0 unspecified atom stereocenters. The number of hydrogen-bond donors (Lipinski definition) is 1. The van der Waals surface area contributed by atoms with E-state index in [-0.39, 0.29) is 35.2 Å². The van der Waals surface area contributed by atoms with E-state index in [4.69, 9.17) is 17.3 Å². The highest BCUT2D eigenvalue weighted by Gasteiger charge is 2.45. The van der Waals surface area contributed by atoms with Crippen molar-refractivity contribution in [1.82, 2.24) is 4.98 Å². The monoisotopic (exact) mass is 458 g/mol. The van der Waals surface area contributed by atoms with Gasteiger partial charge in [0.2, 0.25) is 11.8 Å². The Morgan fingerprint density at radius 2 is 2.00 bits per heavy atom. The fourth-order valence-corrected chi connectivity index (χ4v) is 3.67. The number of carbonyl (C=O) groups is 2. The number of carbonyl (C=O) groups excluding carboxylic acids is 2. The van der Waals surface area contributed by atoms with Crippen LogP contribution in [0.1, 0.15) is 24.6 Å². The van der Waals surface area contributed by atoms with Crippen LogP contribution in [0, 0.1) is 12.7 Å². The zero-order valence-electron chi connectivity index (χ0n) is 16.6. The first kappa shape index (κ1) is 23.0. The minimum absolute atomic E-state index is 0.0296. The van der Waals surface area contributed by atoms with Gasteiger partial charge >= 0.3 is 6.18 Å². The fraction of sp³-hybridized carbons (Fsp3) is 0.350. The van der Waals surface area contributed by atoms with Crippen LogP contribution in [0.5, 0.6) is 0 Å². The van der Waals surface area contributed by atoms with E-state index < -0.39 is 41.5 Å². The number of halogens is 5. The Balaban J connectivity index is 2.03. The first-order valence-electron chi connectivity index (χ1n) is 9.35. The van der Waals surface area contributed by atoms with E-state index in [0.717, 1.165) is 17.0 Å². The maximum Gasteiger partial charge on any atom is 0.416 e. The largest absolute Gasteiger partial charge is 0.416 e. The first-order valence-corrected chi connectivity index (χ1v) is 9.72. The Morgan fingerprint density at radius 1 is 1.32 bits per heavy atom. The summed E-state index contributed by atoms with van der Waals surface area (Å²) in [5.41, 5.74) is 5.15. The second kappa shape index (κ2) is 8.43. The summed E-state index contributed by atoms with van der Waals surface area (Å²) in [7, 11) is 0. The first-order chi connectivity index (χ1) is 14.4. The predicted molar refractivity (Wildman–Crippen MR) is 107 cm³/mol. The Morgan fingerprint density at radius 3 is 2.58 bits per heavy atom. The van der Waals surface area contributed by atoms with Gasteiger partial charge in [-0.25, -0.2) is 9.37 Å². The highest BCUT2D eigenvalue weighted by atomic mass is 35.5. The van der Waals surface area contributed by atoms with Crippen LogP contribution in [-0.2, 0) is 15.8 Å². The Hall–Kier alpha value is -2.72. The molecule has 1 saturated heterocycles. The number of benzene rings is 1. The molecule has 166 valence electrons. The van der Waals surface area contributed by atoms with E-state index in [2.05, 4.69) is 4.98 Å². The van der Waals surface area contributed by atoms with E-state index >= 15 is 0 Å². The van der Waals surface area contributed by atoms with Gasteiger partial charge in [0, 0.05) is 24.3 Å². The normalized spacial score (nSPS) is 19.1. The van der Waals surface area contributed by atoms with Crippen LogP contribution in [-0.4, -0.2) is 35.4 Å². The molecule has 0 radical (unpaired) electrons. The zero-order valence-corrected chi connectivity index (χ0v) is 17.3. The minimum Gasteiger partial charge on any atom is -0.320 e. The maximum atomic E-state index is 13.5. The summed E-state index contributed by atoms with van der Waals surface area (Å²) in [5.74, 6) is -2.28. The Kier molecular flexibility index (Phi) is 6.24. The number of rotatable bonds is 4. The molecule has 31 heavy (non-hydrogen) atoms. The molecule has 1 aromatic heterocycles. The fourth-order valence-electron chi connectivity index (χ4n) is 3.50. The van der Waals surface area contributed by atoms with Gasteiger partial charge < -0.3 is 10.6 Å². The van der Waals surface area contributed by atoms with Crippen molar-refractivity contribution < 1.29 is 27.2 Å². The molecule has 0 bridgehead atoms. The average molecular weight is 459 g/mol. The SMILES string of the molecule is CCN(C(=O)[C@@H]1C[C@H](N)C(=O)N1c1cc(C(F)(F)F)cc(C)n1)c1ccc(F)c(Cl)c1. The molecule has 2 amide bonds. The van der Waals surface area contributed by atoms with Crippen LogP contribution in [0.4, 0.5) is 29.1 Å². The summed E-state index contributed by atoms with van der Waals surface area (Å²) in [4.78, 5) is 32.2. The topological polar surface area (TPSA) is 79.5 Å². The van der Waals surface area contributed by atoms with E-state index in [1.54, 1.807) is 6.92 Å². The molecule has 2 heterocycles. The third-order valence-corrected chi connectivity index (χ3v) is 5.23. The summed E-state index contributed by atoms with van der Waals surface area (Å²) in [6.45, 7) is 3.15. The average Bonchev–Trinajstić information content (AvgIpc) is 2.98. The van der Waals surface area contributed by atoms with E-state index in [1.165, 1.54) is 24.0 Å². The molecular formula is C20H19ClF4N4O2. The van der Waals surface area contributed by atoms with Gasteiger partial charge in [-0.1, -0.05) is 11.6 Å². The standard InChI is InChI=1S/C20H19ClF4N4O2/c1-3-28(12-4-5-14(22)13(21)8-12)19(31)16-9-15(26)18(30)29(16)17-7-11(20(23,24)25)6-10(2)27-17/h4-8,15-16H,3,9,26H2,1-2H3/t15-,16-/m0/s1. The van der Waals surface area contributed by atoms with Crippen molar-refractivity contribution in [3.63, 3.8) is 0 Å². The molecule has 2 N–H and O–H groups in total. The van der Waals surface area contributed by atoms with Gasteiger partial charge in [0.1, 0.15) is 17.7 Å². The predicted octanol–water partition coefficient (Wildman–Crippen LogP) is 3.69. The van der Waals surface area contributed by atoms with E-state index in [1.807, 2.05) is 0 Å². The van der Waals surface area contributed by atoms with Crippen LogP contribution < -0.4 is 15.5 Å². The minimum atomic E-state index is -4.66. The van der Waals surface area contributed by atoms with Crippen molar-refractivity contribution in [1.29, 1.82) is 0 Å². The van der Waals surface area contributed by atoms with Crippen molar-refractivity contribution in [2.75, 3.05) is 16.3 Å². The highest BCUT2D eigenvalue weighted by Crippen LogP contribution is 2.34. The summed E-state index contributed by atoms with van der Waals surface area (Å²) in [5, 5.41) is -0.199. The van der Waals surface area contributed by atoms with Gasteiger partial charge in [-0.05, 0) is 44.2 Å². The molecule has 2 aromatic rings. The van der Waals surface area contributed by atoms with Crippen molar-refractivity contribution in [2.24, 2.45) is 5.73 Å². The highest BCUT2D eigenvalue weighted by molar-refractivity contribution is 6.31. The van der Waals surface area contributed by atoms with Gasteiger partial charge in [-0.2, -0.15) is 13.2 Å². The van der Waals surface area contributed by atoms with Crippen LogP contribution in [0.3, 0.4) is 0 Å². The molecule has 2 atom stereocenters. The number of hydrogen-bond acceptors (Lipinski definition) is 4. The van der Waals surface area contributed by atoms with Gasteiger partial charge in [0.25, 0.3) is 0 Å². The van der Waals surface area contributed by atoms with Gasteiger partial charge in [-0.3, -0.25) is 14.5 Å². The third-order valence-electron chi connectivity index (χ3n) is 4.94. The van der Waals surface area contributed by atoms with Gasteiger partial charge in [0.15, 0.2) is 0 Å². The third kappa shape index (κ3) is 4.49. The van der Waals surface area contributed by atoms with Crippen molar-refractivity contribution in [3.05, 3.63) is 52.4 Å². The van der Waals surface area contributed by atoms with Crippen molar-refractivity contribution >= 4 is 34.9 Å². The molecule has 0 spiro atoms. The molecule has 6 nitrogen and oxygen atoms in total. The number of amides is 2. The van der Waals surface area contributed by atoms with Gasteiger partial charge in [0.05, 0.1) is 16.6 Å². The molecule has 1 aliphatic heterocycles. The number of anilines is 2. The van der Waals surface area contributed by atoms with Crippen LogP contribution in [0.25, 0.3) is 0 Å². The summed E-state index contributed by atoms with van der Waals surface area (Å²) < 4.78 is 53.3. The molecular weight excluding hydrogens is 440 g/mol. The second-order valence-corrected chi connectivity index (χ2v) is 7.51.